The highest BCUT2D eigenvalue weighted by Crippen LogP contribution is 2.19. The molecule has 0 spiro atoms. The van der Waals surface area contributed by atoms with Crippen LogP contribution >= 0.6 is 0 Å². The molecular weight excluding hydrogens is 238 g/mol. The molecule has 0 atom stereocenters. The second kappa shape index (κ2) is 6.53. The Balaban J connectivity index is 2.85. The van der Waals surface area contributed by atoms with Gasteiger partial charge in [-0.3, -0.25) is 0 Å². The van der Waals surface area contributed by atoms with E-state index in [4.69, 9.17) is 4.84 Å². The highest BCUT2D eigenvalue weighted by Gasteiger charge is 2.13. The lowest BCUT2D eigenvalue weighted by Gasteiger charge is -2.21. The number of benzene rings is 1. The van der Waals surface area contributed by atoms with Crippen LogP contribution in [0.4, 0.5) is 0 Å². The van der Waals surface area contributed by atoms with Crippen LogP contribution in [0.5, 0.6) is 0 Å². The zero-order valence-electron chi connectivity index (χ0n) is 12.5. The predicted molar refractivity (Wildman–Crippen MR) is 77.6 cm³/mol. The minimum atomic E-state index is -0.372. The Morgan fingerprint density at radius 3 is 2.42 bits per heavy atom. The van der Waals surface area contributed by atoms with Crippen molar-refractivity contribution in [2.24, 2.45) is 0 Å². The third-order valence-electron chi connectivity index (χ3n) is 3.43. The standard InChI is InChI=1S/C16H23NO2/c1-7-17(19-16(18)11(2)3)10-15-9-8-12(4)13(5)14(15)6/h8-9H,2,7,10H2,1,3-6H3. The summed E-state index contributed by atoms with van der Waals surface area (Å²) >= 11 is 0. The molecule has 0 saturated heterocycles. The maximum atomic E-state index is 11.5. The van der Waals surface area contributed by atoms with Crippen LogP contribution in [-0.4, -0.2) is 17.6 Å². The Kier molecular flexibility index (Phi) is 5.31. The predicted octanol–water partition coefficient (Wildman–Crippen LogP) is 3.47. The van der Waals surface area contributed by atoms with Gasteiger partial charge in [0, 0.05) is 12.1 Å². The highest BCUT2D eigenvalue weighted by molar-refractivity contribution is 5.86. The average Bonchev–Trinajstić information content (AvgIpc) is 2.37. The molecule has 19 heavy (non-hydrogen) atoms. The smallest absolute Gasteiger partial charge is 0.352 e. The van der Waals surface area contributed by atoms with Gasteiger partial charge in [0.2, 0.25) is 0 Å². The van der Waals surface area contributed by atoms with Gasteiger partial charge in [-0.05, 0) is 56.9 Å². The van der Waals surface area contributed by atoms with Crippen LogP contribution in [0.2, 0.25) is 0 Å². The summed E-state index contributed by atoms with van der Waals surface area (Å²) in [7, 11) is 0. The van der Waals surface area contributed by atoms with Gasteiger partial charge in [0.25, 0.3) is 0 Å². The summed E-state index contributed by atoms with van der Waals surface area (Å²) < 4.78 is 0. The molecule has 0 unspecified atom stereocenters. The molecule has 0 aliphatic carbocycles. The van der Waals surface area contributed by atoms with Gasteiger partial charge in [0.15, 0.2) is 0 Å². The maximum absolute atomic E-state index is 11.5. The molecule has 0 aromatic heterocycles. The van der Waals surface area contributed by atoms with E-state index in [9.17, 15) is 4.79 Å². The van der Waals surface area contributed by atoms with Crippen LogP contribution < -0.4 is 0 Å². The van der Waals surface area contributed by atoms with Crippen LogP contribution in [0.15, 0.2) is 24.3 Å². The highest BCUT2D eigenvalue weighted by atomic mass is 16.7. The summed E-state index contributed by atoms with van der Waals surface area (Å²) in [5.74, 6) is -0.372. The summed E-state index contributed by atoms with van der Waals surface area (Å²) in [6.45, 7) is 14.8. The first-order chi connectivity index (χ1) is 8.86. The van der Waals surface area contributed by atoms with Gasteiger partial charge in [0.1, 0.15) is 0 Å². The first-order valence-electron chi connectivity index (χ1n) is 6.55. The Labute approximate surface area is 115 Å². The average molecular weight is 261 g/mol. The van der Waals surface area contributed by atoms with E-state index in [0.29, 0.717) is 18.7 Å². The van der Waals surface area contributed by atoms with Gasteiger partial charge < -0.3 is 4.84 Å². The molecule has 0 aliphatic heterocycles. The largest absolute Gasteiger partial charge is 0.364 e. The fraction of sp³-hybridized carbons (Fsp3) is 0.438. The van der Waals surface area contributed by atoms with Crippen LogP contribution in [-0.2, 0) is 16.2 Å². The van der Waals surface area contributed by atoms with Crippen molar-refractivity contribution in [1.82, 2.24) is 5.06 Å². The lowest BCUT2D eigenvalue weighted by Crippen LogP contribution is -2.27. The van der Waals surface area contributed by atoms with Gasteiger partial charge in [-0.25, -0.2) is 4.79 Å². The third kappa shape index (κ3) is 3.93. The van der Waals surface area contributed by atoms with Crippen LogP contribution in [0.25, 0.3) is 0 Å². The van der Waals surface area contributed by atoms with Gasteiger partial charge in [-0.1, -0.05) is 18.7 Å². The molecule has 3 heteroatoms. The van der Waals surface area contributed by atoms with E-state index >= 15 is 0 Å². The van der Waals surface area contributed by atoms with Crippen LogP contribution in [0.3, 0.4) is 0 Å². The van der Waals surface area contributed by atoms with Gasteiger partial charge in [-0.2, -0.15) is 0 Å². The van der Waals surface area contributed by atoms with Gasteiger partial charge >= 0.3 is 5.97 Å². The molecule has 0 radical (unpaired) electrons. The van der Waals surface area contributed by atoms with Crippen molar-refractivity contribution < 1.29 is 9.63 Å². The topological polar surface area (TPSA) is 29.5 Å². The molecular formula is C16H23NO2. The van der Waals surface area contributed by atoms with E-state index in [0.717, 1.165) is 0 Å². The molecule has 1 rings (SSSR count). The van der Waals surface area contributed by atoms with Crippen molar-refractivity contribution in [2.75, 3.05) is 6.54 Å². The van der Waals surface area contributed by atoms with Crippen LogP contribution in [0.1, 0.15) is 36.1 Å². The first kappa shape index (κ1) is 15.4. The van der Waals surface area contributed by atoms with Crippen molar-refractivity contribution >= 4 is 5.97 Å². The number of carbonyl (C=O) groups is 1. The maximum Gasteiger partial charge on any atom is 0.352 e. The summed E-state index contributed by atoms with van der Waals surface area (Å²) in [5.41, 5.74) is 5.42. The number of hydroxylamine groups is 2. The number of nitrogens with zero attached hydrogens (tertiary/aromatic N) is 1. The number of aryl methyl sites for hydroxylation is 1. The van der Waals surface area contributed by atoms with E-state index in [1.165, 1.54) is 22.3 Å². The Morgan fingerprint density at radius 1 is 1.26 bits per heavy atom. The fourth-order valence-electron chi connectivity index (χ4n) is 1.78. The van der Waals surface area contributed by atoms with E-state index in [2.05, 4.69) is 39.5 Å². The molecule has 1 aromatic carbocycles. The first-order valence-corrected chi connectivity index (χ1v) is 6.55. The number of hydrogen-bond donors (Lipinski definition) is 0. The van der Waals surface area contributed by atoms with E-state index in [-0.39, 0.29) is 5.97 Å². The summed E-state index contributed by atoms with van der Waals surface area (Å²) in [6, 6.07) is 4.20. The van der Waals surface area contributed by atoms with Crippen molar-refractivity contribution in [3.05, 3.63) is 46.5 Å². The molecule has 0 saturated carbocycles. The SMILES string of the molecule is C=C(C)C(=O)ON(CC)Cc1ccc(C)c(C)c1C. The molecule has 0 fully saturated rings. The molecule has 0 aliphatic rings. The minimum Gasteiger partial charge on any atom is -0.364 e. The molecule has 0 heterocycles. The van der Waals surface area contributed by atoms with E-state index in [1.54, 1.807) is 12.0 Å². The quantitative estimate of drug-likeness (QED) is 0.600. The second-order valence-corrected chi connectivity index (χ2v) is 4.91. The molecule has 0 bridgehead atoms. The molecule has 104 valence electrons. The molecule has 1 aromatic rings. The Morgan fingerprint density at radius 2 is 1.89 bits per heavy atom. The fourth-order valence-corrected chi connectivity index (χ4v) is 1.78. The van der Waals surface area contributed by atoms with Crippen molar-refractivity contribution in [1.29, 1.82) is 0 Å². The lowest BCUT2D eigenvalue weighted by molar-refractivity contribution is -0.187. The van der Waals surface area contributed by atoms with E-state index in [1.807, 2.05) is 6.92 Å². The summed E-state index contributed by atoms with van der Waals surface area (Å²) in [5, 5.41) is 1.66. The number of hydrogen-bond acceptors (Lipinski definition) is 3. The van der Waals surface area contributed by atoms with Gasteiger partial charge in [-0.15, -0.1) is 5.06 Å². The molecule has 3 nitrogen and oxygen atoms in total. The molecule has 0 N–H and O–H groups in total. The number of rotatable bonds is 5. The normalized spacial score (nSPS) is 10.6. The molecule has 0 amide bonds. The lowest BCUT2D eigenvalue weighted by atomic mass is 9.99. The van der Waals surface area contributed by atoms with Gasteiger partial charge in [0.05, 0.1) is 6.54 Å². The summed E-state index contributed by atoms with van der Waals surface area (Å²) in [4.78, 5) is 16.8. The third-order valence-corrected chi connectivity index (χ3v) is 3.43. The number of carbonyl (C=O) groups excluding carboxylic acids is 1. The Bertz CT molecular complexity index is 492. The Hall–Kier alpha value is -1.61. The zero-order valence-corrected chi connectivity index (χ0v) is 12.5. The van der Waals surface area contributed by atoms with Crippen molar-refractivity contribution in [3.63, 3.8) is 0 Å². The zero-order chi connectivity index (χ0) is 14.6. The monoisotopic (exact) mass is 261 g/mol. The van der Waals surface area contributed by atoms with Crippen molar-refractivity contribution in [3.8, 4) is 0 Å². The summed E-state index contributed by atoms with van der Waals surface area (Å²) in [6.07, 6.45) is 0. The van der Waals surface area contributed by atoms with Crippen LogP contribution in [0, 0.1) is 20.8 Å². The minimum absolute atomic E-state index is 0.372. The van der Waals surface area contributed by atoms with E-state index < -0.39 is 0 Å². The van der Waals surface area contributed by atoms with Crippen molar-refractivity contribution in [2.45, 2.75) is 41.2 Å². The second-order valence-electron chi connectivity index (χ2n) is 4.91.